The lowest BCUT2D eigenvalue weighted by molar-refractivity contribution is 0.0945. The van der Waals surface area contributed by atoms with Crippen molar-refractivity contribution in [2.75, 3.05) is 6.54 Å². The first-order valence-corrected chi connectivity index (χ1v) is 8.24. The predicted molar refractivity (Wildman–Crippen MR) is 87.2 cm³/mol. The Labute approximate surface area is 135 Å². The molecule has 1 heterocycles. The van der Waals surface area contributed by atoms with Crippen molar-refractivity contribution >= 4 is 5.91 Å². The Morgan fingerprint density at radius 1 is 1.22 bits per heavy atom. The molecule has 1 saturated carbocycles. The van der Waals surface area contributed by atoms with Gasteiger partial charge in [-0.05, 0) is 49.1 Å². The summed E-state index contributed by atoms with van der Waals surface area (Å²) in [5.74, 6) is 2.10. The maximum Gasteiger partial charge on any atom is 0.273 e. The van der Waals surface area contributed by atoms with E-state index in [1.165, 1.54) is 12.8 Å². The fourth-order valence-electron chi connectivity index (χ4n) is 3.76. The van der Waals surface area contributed by atoms with Crippen LogP contribution in [0, 0.1) is 17.8 Å². The molecule has 0 radical (unpaired) electrons. The SMILES string of the molecule is O=C(NCC[C@@H]1C[C@@H]2C=C[C@H]1C2)c1cn(-c2ccccc2)nn1. The second-order valence-electron chi connectivity index (χ2n) is 6.47. The monoisotopic (exact) mass is 308 g/mol. The predicted octanol–water partition coefficient (Wildman–Crippen LogP) is 2.60. The molecule has 2 bridgehead atoms. The summed E-state index contributed by atoms with van der Waals surface area (Å²) < 4.78 is 1.62. The average molecular weight is 308 g/mol. The molecule has 2 aliphatic carbocycles. The van der Waals surface area contributed by atoms with Crippen LogP contribution < -0.4 is 5.32 Å². The van der Waals surface area contributed by atoms with Crippen molar-refractivity contribution in [3.8, 4) is 5.69 Å². The molecule has 0 unspecified atom stereocenters. The van der Waals surface area contributed by atoms with Gasteiger partial charge in [0, 0.05) is 6.54 Å². The van der Waals surface area contributed by atoms with Gasteiger partial charge in [-0.2, -0.15) is 0 Å². The summed E-state index contributed by atoms with van der Waals surface area (Å²) in [5.41, 5.74) is 1.26. The van der Waals surface area contributed by atoms with Crippen LogP contribution >= 0.6 is 0 Å². The summed E-state index contributed by atoms with van der Waals surface area (Å²) in [6.07, 6.45) is 10.0. The Morgan fingerprint density at radius 3 is 2.83 bits per heavy atom. The van der Waals surface area contributed by atoms with Crippen LogP contribution in [0.15, 0.2) is 48.7 Å². The number of allylic oxidation sites excluding steroid dienone is 2. The van der Waals surface area contributed by atoms with Gasteiger partial charge in [-0.3, -0.25) is 4.79 Å². The number of nitrogens with one attached hydrogen (secondary N) is 1. The smallest absolute Gasteiger partial charge is 0.273 e. The van der Waals surface area contributed by atoms with Crippen molar-refractivity contribution in [3.05, 3.63) is 54.4 Å². The molecule has 1 amide bonds. The van der Waals surface area contributed by atoms with Crippen LogP contribution in [0.1, 0.15) is 29.8 Å². The van der Waals surface area contributed by atoms with Gasteiger partial charge in [0.25, 0.3) is 5.91 Å². The number of benzene rings is 1. The van der Waals surface area contributed by atoms with E-state index in [1.807, 2.05) is 30.3 Å². The molecule has 23 heavy (non-hydrogen) atoms. The van der Waals surface area contributed by atoms with Crippen molar-refractivity contribution < 1.29 is 4.79 Å². The highest BCUT2D eigenvalue weighted by molar-refractivity contribution is 5.91. The normalized spacial score (nSPS) is 25.0. The molecule has 1 aromatic carbocycles. The molecule has 1 N–H and O–H groups in total. The summed E-state index contributed by atoms with van der Waals surface area (Å²) in [6.45, 7) is 0.707. The summed E-state index contributed by atoms with van der Waals surface area (Å²) in [4.78, 5) is 12.2. The van der Waals surface area contributed by atoms with Crippen LogP contribution in [0.3, 0.4) is 0 Å². The van der Waals surface area contributed by atoms with Crippen molar-refractivity contribution in [1.82, 2.24) is 20.3 Å². The van der Waals surface area contributed by atoms with Crippen molar-refractivity contribution in [2.45, 2.75) is 19.3 Å². The number of nitrogens with zero attached hydrogens (tertiary/aromatic N) is 3. The third-order valence-electron chi connectivity index (χ3n) is 4.96. The Kier molecular flexibility index (Phi) is 3.69. The molecule has 0 saturated heterocycles. The minimum Gasteiger partial charge on any atom is -0.351 e. The Bertz CT molecular complexity index is 722. The molecule has 1 fully saturated rings. The number of carbonyl (C=O) groups excluding carboxylic acids is 1. The molecule has 0 spiro atoms. The number of hydrogen-bond donors (Lipinski definition) is 1. The minimum atomic E-state index is -0.147. The van der Waals surface area contributed by atoms with E-state index in [-0.39, 0.29) is 5.91 Å². The third kappa shape index (κ3) is 2.91. The van der Waals surface area contributed by atoms with Gasteiger partial charge in [0.05, 0.1) is 11.9 Å². The van der Waals surface area contributed by atoms with Gasteiger partial charge in [0.2, 0.25) is 0 Å². The maximum atomic E-state index is 12.2. The van der Waals surface area contributed by atoms with E-state index in [9.17, 15) is 4.79 Å². The quantitative estimate of drug-likeness (QED) is 0.864. The average Bonchev–Trinajstić information content (AvgIpc) is 3.32. The molecule has 0 aliphatic heterocycles. The van der Waals surface area contributed by atoms with Gasteiger partial charge in [0.15, 0.2) is 5.69 Å². The van der Waals surface area contributed by atoms with E-state index in [0.29, 0.717) is 12.2 Å². The number of fused-ring (bicyclic) bond motifs is 2. The molecular formula is C18H20N4O. The molecule has 4 rings (SSSR count). The molecule has 5 heteroatoms. The number of hydrogen-bond acceptors (Lipinski definition) is 3. The highest BCUT2D eigenvalue weighted by atomic mass is 16.2. The standard InChI is InChI=1S/C18H20N4O/c23-18(19-9-8-15-11-13-6-7-14(15)10-13)17-12-22(21-20-17)16-4-2-1-3-5-16/h1-7,12-15H,8-11H2,(H,19,23)/t13-,14+,15-/m1/s1. The van der Waals surface area contributed by atoms with Gasteiger partial charge in [-0.25, -0.2) is 4.68 Å². The maximum absolute atomic E-state index is 12.2. The van der Waals surface area contributed by atoms with Crippen LogP contribution in [-0.4, -0.2) is 27.4 Å². The topological polar surface area (TPSA) is 59.8 Å². The minimum absolute atomic E-state index is 0.147. The lowest BCUT2D eigenvalue weighted by atomic mass is 9.91. The Morgan fingerprint density at radius 2 is 2.09 bits per heavy atom. The van der Waals surface area contributed by atoms with E-state index in [0.717, 1.165) is 29.9 Å². The first kappa shape index (κ1) is 14.2. The fraction of sp³-hybridized carbons (Fsp3) is 0.389. The summed E-state index contributed by atoms with van der Waals surface area (Å²) >= 11 is 0. The van der Waals surface area contributed by atoms with Crippen molar-refractivity contribution in [1.29, 1.82) is 0 Å². The zero-order valence-electron chi connectivity index (χ0n) is 12.9. The largest absolute Gasteiger partial charge is 0.351 e. The Balaban J connectivity index is 1.31. The van der Waals surface area contributed by atoms with Gasteiger partial charge in [0.1, 0.15) is 0 Å². The third-order valence-corrected chi connectivity index (χ3v) is 4.96. The molecule has 2 aliphatic rings. The molecular weight excluding hydrogens is 288 g/mol. The number of para-hydroxylation sites is 1. The van der Waals surface area contributed by atoms with Crippen molar-refractivity contribution in [2.24, 2.45) is 17.8 Å². The van der Waals surface area contributed by atoms with Crippen LogP contribution in [0.2, 0.25) is 0 Å². The van der Waals surface area contributed by atoms with Gasteiger partial charge >= 0.3 is 0 Å². The number of rotatable bonds is 5. The summed E-state index contributed by atoms with van der Waals surface area (Å²) in [7, 11) is 0. The van der Waals surface area contributed by atoms with Crippen molar-refractivity contribution in [3.63, 3.8) is 0 Å². The van der Waals surface area contributed by atoms with Gasteiger partial charge in [-0.15, -0.1) is 5.10 Å². The second-order valence-corrected chi connectivity index (χ2v) is 6.47. The van der Waals surface area contributed by atoms with E-state index >= 15 is 0 Å². The number of aromatic nitrogens is 3. The highest BCUT2D eigenvalue weighted by Gasteiger charge is 2.34. The Hall–Kier alpha value is -2.43. The molecule has 3 atom stereocenters. The first-order valence-electron chi connectivity index (χ1n) is 8.24. The molecule has 2 aromatic rings. The van der Waals surface area contributed by atoms with E-state index in [1.54, 1.807) is 10.9 Å². The van der Waals surface area contributed by atoms with Gasteiger partial charge < -0.3 is 5.32 Å². The highest BCUT2D eigenvalue weighted by Crippen LogP contribution is 2.44. The van der Waals surface area contributed by atoms with E-state index < -0.39 is 0 Å². The lowest BCUT2D eigenvalue weighted by Gasteiger charge is -2.17. The van der Waals surface area contributed by atoms with E-state index in [4.69, 9.17) is 0 Å². The lowest BCUT2D eigenvalue weighted by Crippen LogP contribution is -2.27. The summed E-state index contributed by atoms with van der Waals surface area (Å²) in [5, 5.41) is 11.0. The zero-order chi connectivity index (χ0) is 15.6. The summed E-state index contributed by atoms with van der Waals surface area (Å²) in [6, 6.07) is 9.66. The second kappa shape index (κ2) is 5.99. The molecule has 118 valence electrons. The first-order chi connectivity index (χ1) is 11.3. The van der Waals surface area contributed by atoms with Crippen LogP contribution in [0.25, 0.3) is 5.69 Å². The number of amides is 1. The van der Waals surface area contributed by atoms with E-state index in [2.05, 4.69) is 27.8 Å². The fourth-order valence-corrected chi connectivity index (χ4v) is 3.76. The van der Waals surface area contributed by atoms with Crippen LogP contribution in [0.5, 0.6) is 0 Å². The van der Waals surface area contributed by atoms with Crippen LogP contribution in [-0.2, 0) is 0 Å². The van der Waals surface area contributed by atoms with Gasteiger partial charge in [-0.1, -0.05) is 35.6 Å². The van der Waals surface area contributed by atoms with Crippen LogP contribution in [0.4, 0.5) is 0 Å². The molecule has 1 aromatic heterocycles. The number of carbonyl (C=O) groups is 1. The molecule has 5 nitrogen and oxygen atoms in total. The zero-order valence-corrected chi connectivity index (χ0v) is 12.9.